The summed E-state index contributed by atoms with van der Waals surface area (Å²) in [4.78, 5) is 22.2. The lowest BCUT2D eigenvalue weighted by atomic mass is 9.93. The van der Waals surface area contributed by atoms with Crippen molar-refractivity contribution in [3.63, 3.8) is 0 Å². The van der Waals surface area contributed by atoms with Gasteiger partial charge >= 0.3 is 5.97 Å². The average molecular weight is 215 g/mol. The van der Waals surface area contributed by atoms with Crippen LogP contribution < -0.4 is 5.32 Å². The first kappa shape index (κ1) is 12.0. The first-order valence-corrected chi connectivity index (χ1v) is 5.01. The molecule has 1 N–H and O–H groups in total. The van der Waals surface area contributed by atoms with E-state index >= 15 is 0 Å². The molecule has 0 spiro atoms. The Labute approximate surface area is 89.1 Å². The summed E-state index contributed by atoms with van der Waals surface area (Å²) in [6.07, 6.45) is -1.14. The van der Waals surface area contributed by atoms with E-state index in [0.717, 1.165) is 0 Å². The fourth-order valence-electron chi connectivity index (χ4n) is 1.66. The van der Waals surface area contributed by atoms with Gasteiger partial charge in [0.15, 0.2) is 0 Å². The molecule has 0 aromatic heterocycles. The number of nitrogens with one attached hydrogen (secondary N) is 1. The number of amides is 1. The highest BCUT2D eigenvalue weighted by molar-refractivity contribution is 5.81. The second-order valence-electron chi connectivity index (χ2n) is 3.87. The third kappa shape index (κ3) is 2.47. The number of esters is 1. The number of likely N-dealkylation sites (N-methyl/N-ethyl adjacent to an activating group) is 1. The smallest absolute Gasteiger partial charge is 0.304 e. The fourth-order valence-corrected chi connectivity index (χ4v) is 1.66. The molecule has 15 heavy (non-hydrogen) atoms. The quantitative estimate of drug-likeness (QED) is 0.672. The van der Waals surface area contributed by atoms with Crippen LogP contribution in [0.15, 0.2) is 0 Å². The molecule has 0 saturated carbocycles. The number of ether oxygens (including phenoxy) is 2. The molecule has 1 rings (SSSR count). The molecule has 1 unspecified atom stereocenters. The van der Waals surface area contributed by atoms with Gasteiger partial charge in [-0.25, -0.2) is 0 Å². The summed E-state index contributed by atoms with van der Waals surface area (Å²) < 4.78 is 10.4. The predicted molar refractivity (Wildman–Crippen MR) is 52.8 cm³/mol. The average Bonchev–Trinajstić information content (AvgIpc) is 2.44. The standard InChI is InChI=1S/C10H17NO4/c1-5-6(2)10(14-7(3)12)15-8(5)9(13)11-4/h5-6,8,10H,1-4H3,(H,11,13)/t5-,6+,8-,10?/m0/s1. The van der Waals surface area contributed by atoms with Crippen molar-refractivity contribution in [2.75, 3.05) is 7.05 Å². The van der Waals surface area contributed by atoms with Crippen LogP contribution >= 0.6 is 0 Å². The van der Waals surface area contributed by atoms with Crippen molar-refractivity contribution in [2.45, 2.75) is 33.2 Å². The maximum atomic E-state index is 11.4. The van der Waals surface area contributed by atoms with Crippen LogP contribution in [0.2, 0.25) is 0 Å². The zero-order valence-corrected chi connectivity index (χ0v) is 9.44. The summed E-state index contributed by atoms with van der Waals surface area (Å²) in [6.45, 7) is 5.14. The largest absolute Gasteiger partial charge is 0.436 e. The number of hydrogen-bond acceptors (Lipinski definition) is 4. The summed E-state index contributed by atoms with van der Waals surface area (Å²) in [5.74, 6) is -0.508. The molecule has 5 heteroatoms. The van der Waals surface area contributed by atoms with Crippen LogP contribution in [-0.4, -0.2) is 31.3 Å². The molecule has 86 valence electrons. The summed E-state index contributed by atoms with van der Waals surface area (Å²) in [7, 11) is 1.56. The van der Waals surface area contributed by atoms with Crippen molar-refractivity contribution >= 4 is 11.9 Å². The zero-order chi connectivity index (χ0) is 11.6. The summed E-state index contributed by atoms with van der Waals surface area (Å²) >= 11 is 0. The highest BCUT2D eigenvalue weighted by atomic mass is 16.7. The Bertz CT molecular complexity index is 266. The molecule has 1 aliphatic rings. The van der Waals surface area contributed by atoms with E-state index in [2.05, 4.69) is 5.32 Å². The molecular formula is C10H17NO4. The van der Waals surface area contributed by atoms with E-state index in [1.807, 2.05) is 13.8 Å². The predicted octanol–water partition coefficient (Wildman–Crippen LogP) is 0.293. The van der Waals surface area contributed by atoms with Crippen molar-refractivity contribution in [2.24, 2.45) is 11.8 Å². The topological polar surface area (TPSA) is 64.6 Å². The first-order chi connectivity index (χ1) is 6.97. The van der Waals surface area contributed by atoms with Crippen LogP contribution in [-0.2, 0) is 19.1 Å². The SMILES string of the molecule is CNC(=O)[C@H]1OC(OC(C)=O)[C@H](C)[C@@H]1C. The maximum absolute atomic E-state index is 11.4. The molecule has 0 aromatic rings. The molecular weight excluding hydrogens is 198 g/mol. The highest BCUT2D eigenvalue weighted by Gasteiger charge is 2.44. The number of rotatable bonds is 2. The zero-order valence-electron chi connectivity index (χ0n) is 9.44. The molecule has 0 aromatic carbocycles. The Morgan fingerprint density at radius 1 is 1.27 bits per heavy atom. The Balaban J connectivity index is 2.67. The number of hydrogen-bond donors (Lipinski definition) is 1. The third-order valence-electron chi connectivity index (χ3n) is 2.80. The van der Waals surface area contributed by atoms with Gasteiger partial charge in [0.1, 0.15) is 6.10 Å². The summed E-state index contributed by atoms with van der Waals surface area (Å²) in [5.41, 5.74) is 0. The van der Waals surface area contributed by atoms with Gasteiger partial charge in [-0.3, -0.25) is 9.59 Å². The van der Waals surface area contributed by atoms with E-state index in [4.69, 9.17) is 9.47 Å². The minimum absolute atomic E-state index is 0.0243. The molecule has 5 nitrogen and oxygen atoms in total. The Morgan fingerprint density at radius 2 is 1.87 bits per heavy atom. The van der Waals surface area contributed by atoms with Crippen molar-refractivity contribution in [1.29, 1.82) is 0 Å². The van der Waals surface area contributed by atoms with Gasteiger partial charge in [0.25, 0.3) is 0 Å². The van der Waals surface area contributed by atoms with E-state index in [1.54, 1.807) is 7.05 Å². The van der Waals surface area contributed by atoms with E-state index in [9.17, 15) is 9.59 Å². The van der Waals surface area contributed by atoms with Crippen molar-refractivity contribution < 1.29 is 19.1 Å². The lowest BCUT2D eigenvalue weighted by Gasteiger charge is -2.14. The van der Waals surface area contributed by atoms with E-state index in [0.29, 0.717) is 0 Å². The molecule has 1 saturated heterocycles. The molecule has 1 fully saturated rings. The van der Waals surface area contributed by atoms with Gasteiger partial charge in [0.2, 0.25) is 12.2 Å². The van der Waals surface area contributed by atoms with E-state index in [1.165, 1.54) is 6.92 Å². The Hall–Kier alpha value is -1.10. The molecule has 1 heterocycles. The van der Waals surface area contributed by atoms with Crippen LogP contribution in [0.3, 0.4) is 0 Å². The second kappa shape index (κ2) is 4.61. The summed E-state index contributed by atoms with van der Waals surface area (Å²) in [6, 6.07) is 0. The van der Waals surface area contributed by atoms with Gasteiger partial charge in [0.05, 0.1) is 0 Å². The Morgan fingerprint density at radius 3 is 2.33 bits per heavy atom. The lowest BCUT2D eigenvalue weighted by Crippen LogP contribution is -2.35. The van der Waals surface area contributed by atoms with Crippen LogP contribution in [0.4, 0.5) is 0 Å². The van der Waals surface area contributed by atoms with Crippen LogP contribution in [0.5, 0.6) is 0 Å². The number of carbonyl (C=O) groups is 2. The molecule has 4 atom stereocenters. The number of carbonyl (C=O) groups excluding carboxylic acids is 2. The van der Waals surface area contributed by atoms with Gasteiger partial charge in [-0.2, -0.15) is 0 Å². The normalized spacial score (nSPS) is 34.9. The van der Waals surface area contributed by atoms with Gasteiger partial charge in [-0.05, 0) is 5.92 Å². The molecule has 1 amide bonds. The highest BCUT2D eigenvalue weighted by Crippen LogP contribution is 2.32. The van der Waals surface area contributed by atoms with Gasteiger partial charge in [0, 0.05) is 19.9 Å². The second-order valence-corrected chi connectivity index (χ2v) is 3.87. The van der Waals surface area contributed by atoms with E-state index in [-0.39, 0.29) is 17.7 Å². The van der Waals surface area contributed by atoms with Crippen LogP contribution in [0.25, 0.3) is 0 Å². The lowest BCUT2D eigenvalue weighted by molar-refractivity contribution is -0.180. The van der Waals surface area contributed by atoms with E-state index < -0.39 is 18.4 Å². The molecule has 0 aliphatic carbocycles. The maximum Gasteiger partial charge on any atom is 0.304 e. The third-order valence-corrected chi connectivity index (χ3v) is 2.80. The minimum atomic E-state index is -0.611. The molecule has 1 aliphatic heterocycles. The fraction of sp³-hybridized carbons (Fsp3) is 0.800. The van der Waals surface area contributed by atoms with Gasteiger partial charge in [-0.1, -0.05) is 13.8 Å². The van der Waals surface area contributed by atoms with Gasteiger partial charge < -0.3 is 14.8 Å². The molecule has 0 bridgehead atoms. The van der Waals surface area contributed by atoms with Crippen molar-refractivity contribution in [1.82, 2.24) is 5.32 Å². The van der Waals surface area contributed by atoms with Gasteiger partial charge in [-0.15, -0.1) is 0 Å². The Kier molecular flexibility index (Phi) is 3.68. The monoisotopic (exact) mass is 215 g/mol. The van der Waals surface area contributed by atoms with Crippen LogP contribution in [0.1, 0.15) is 20.8 Å². The molecule has 0 radical (unpaired) electrons. The summed E-state index contributed by atoms with van der Waals surface area (Å²) in [5, 5.41) is 2.53. The van der Waals surface area contributed by atoms with Crippen LogP contribution in [0, 0.1) is 11.8 Å². The minimum Gasteiger partial charge on any atom is -0.436 e. The van der Waals surface area contributed by atoms with Crippen molar-refractivity contribution in [3.8, 4) is 0 Å². The van der Waals surface area contributed by atoms with Crippen molar-refractivity contribution in [3.05, 3.63) is 0 Å². The first-order valence-electron chi connectivity index (χ1n) is 5.01.